The van der Waals surface area contributed by atoms with Crippen molar-refractivity contribution < 1.29 is 80.2 Å². The number of phosphoric ester groups is 2. The smallest absolute Gasteiger partial charge is 0.462 e. The van der Waals surface area contributed by atoms with Crippen LogP contribution >= 0.6 is 15.6 Å². The minimum absolute atomic E-state index is 0.0700. The number of carbonyl (C=O) groups is 4. The maximum atomic E-state index is 13.1. The maximum Gasteiger partial charge on any atom is 0.472 e. The van der Waals surface area contributed by atoms with Gasteiger partial charge in [-0.05, 0) is 167 Å². The van der Waals surface area contributed by atoms with E-state index in [0.717, 1.165) is 199 Å². The average Bonchev–Trinajstić information content (AvgIpc) is 0.928. The van der Waals surface area contributed by atoms with Gasteiger partial charge in [0, 0.05) is 25.7 Å². The lowest BCUT2D eigenvalue weighted by atomic mass is 10.1. The molecule has 0 aliphatic rings. The summed E-state index contributed by atoms with van der Waals surface area (Å²) >= 11 is 0. The highest BCUT2D eigenvalue weighted by atomic mass is 31.2. The third kappa shape index (κ3) is 77.4. The summed E-state index contributed by atoms with van der Waals surface area (Å²) in [5, 5.41) is 10.7. The number of ether oxygens (including phenoxy) is 4. The van der Waals surface area contributed by atoms with E-state index in [4.69, 9.17) is 37.0 Å². The first-order valence-electron chi connectivity index (χ1n) is 41.4. The number of carbonyl (C=O) groups excluding carboxylic acids is 4. The summed E-state index contributed by atoms with van der Waals surface area (Å²) in [6.45, 7) is 4.63. The number of hydrogen-bond acceptors (Lipinski definition) is 15. The number of aliphatic hydroxyl groups is 1. The number of hydrogen-bond donors (Lipinski definition) is 3. The van der Waals surface area contributed by atoms with E-state index in [0.29, 0.717) is 25.7 Å². The second-order valence-corrected chi connectivity index (χ2v) is 30.2. The van der Waals surface area contributed by atoms with E-state index in [1.807, 2.05) is 0 Å². The molecule has 17 nitrogen and oxygen atoms in total. The quantitative estimate of drug-likeness (QED) is 0.0169. The molecule has 0 saturated carbocycles. The minimum atomic E-state index is -4.99. The van der Waals surface area contributed by atoms with Crippen LogP contribution in [0.25, 0.3) is 0 Å². The molecule has 0 heterocycles. The lowest BCUT2D eigenvalue weighted by Gasteiger charge is -2.21. The zero-order valence-corrected chi connectivity index (χ0v) is 68.4. The van der Waals surface area contributed by atoms with Crippen LogP contribution in [0.4, 0.5) is 0 Å². The molecule has 0 aromatic rings. The Hall–Kier alpha value is -4.80. The van der Waals surface area contributed by atoms with Gasteiger partial charge in [0.15, 0.2) is 12.2 Å². The molecule has 106 heavy (non-hydrogen) atoms. The van der Waals surface area contributed by atoms with E-state index in [1.54, 1.807) is 0 Å². The molecular weight excluding hydrogens is 1380 g/mol. The van der Waals surface area contributed by atoms with Crippen molar-refractivity contribution in [3.8, 4) is 0 Å². The molecular formula is C87H148O17P2. The summed E-state index contributed by atoms with van der Waals surface area (Å²) in [5.41, 5.74) is 0. The summed E-state index contributed by atoms with van der Waals surface area (Å²) in [6, 6.07) is 0. The van der Waals surface area contributed by atoms with Crippen molar-refractivity contribution in [2.24, 2.45) is 0 Å². The Balaban J connectivity index is 5.42. The fraction of sp³-hybridized carbons (Fsp3) is 0.701. The van der Waals surface area contributed by atoms with E-state index in [9.17, 15) is 43.2 Å². The molecule has 0 aromatic carbocycles. The van der Waals surface area contributed by atoms with Crippen LogP contribution in [0.3, 0.4) is 0 Å². The number of aliphatic hydroxyl groups excluding tert-OH is 1. The van der Waals surface area contributed by atoms with Crippen molar-refractivity contribution >= 4 is 39.5 Å². The minimum Gasteiger partial charge on any atom is -0.462 e. The first-order chi connectivity index (χ1) is 51.7. The van der Waals surface area contributed by atoms with Crippen LogP contribution < -0.4 is 0 Å². The Kier molecular flexibility index (Phi) is 74.8. The van der Waals surface area contributed by atoms with E-state index >= 15 is 0 Å². The molecule has 608 valence electrons. The lowest BCUT2D eigenvalue weighted by Crippen LogP contribution is -2.30. The molecule has 0 spiro atoms. The van der Waals surface area contributed by atoms with E-state index in [2.05, 4.69) is 161 Å². The van der Waals surface area contributed by atoms with E-state index in [1.165, 1.54) is 57.8 Å². The van der Waals surface area contributed by atoms with Gasteiger partial charge in [0.05, 0.1) is 26.4 Å². The van der Waals surface area contributed by atoms with Crippen LogP contribution in [0.2, 0.25) is 0 Å². The lowest BCUT2D eigenvalue weighted by molar-refractivity contribution is -0.161. The van der Waals surface area contributed by atoms with Gasteiger partial charge in [-0.2, -0.15) is 0 Å². The molecule has 5 unspecified atom stereocenters. The topological polar surface area (TPSA) is 237 Å². The van der Waals surface area contributed by atoms with E-state index in [-0.39, 0.29) is 25.7 Å². The summed E-state index contributed by atoms with van der Waals surface area (Å²) < 4.78 is 68.7. The van der Waals surface area contributed by atoms with Gasteiger partial charge in [-0.15, -0.1) is 0 Å². The van der Waals surface area contributed by atoms with Crippen molar-refractivity contribution in [3.05, 3.63) is 134 Å². The van der Waals surface area contributed by atoms with Crippen molar-refractivity contribution in [2.75, 3.05) is 39.6 Å². The van der Waals surface area contributed by atoms with Crippen LogP contribution in [0, 0.1) is 0 Å². The molecule has 0 saturated heterocycles. The predicted molar refractivity (Wildman–Crippen MR) is 436 cm³/mol. The second kappa shape index (κ2) is 78.3. The van der Waals surface area contributed by atoms with E-state index < -0.39 is 97.5 Å². The van der Waals surface area contributed by atoms with Gasteiger partial charge < -0.3 is 33.8 Å². The first-order valence-corrected chi connectivity index (χ1v) is 44.4. The Morgan fingerprint density at radius 1 is 0.274 bits per heavy atom. The predicted octanol–water partition coefficient (Wildman–Crippen LogP) is 24.4. The largest absolute Gasteiger partial charge is 0.472 e. The highest BCUT2D eigenvalue weighted by Gasteiger charge is 2.30. The standard InChI is InChI=1S/C87H148O17P2/c1-5-9-13-17-21-25-29-33-37-39-40-42-46-48-52-56-60-64-68-72-85(90)98-78-83(104-87(92)74-70-66-62-58-54-50-44-36-32-28-24-20-16-12-8-4)80-102-106(95,96)100-76-81(88)75-99-105(93,94)101-79-82(103-86(91)73-69-65-61-57-53-49-43-35-31-27-23-19-15-11-7-3)77-97-84(89)71-67-63-59-55-51-47-45-41-38-34-30-26-22-18-14-10-6-2/h10,14,21-28,33-38,40,42-45,47,81-83,88H,5-9,11-13,15-20,29-32,39,41,46,48-80H2,1-4H3,(H,93,94)(H,95,96)/b14-10-,25-21-,26-22-,27-23-,28-24-,37-33-,38-34-,42-40-,43-35-,44-36-,47-45-. The second-order valence-electron chi connectivity index (χ2n) is 27.3. The van der Waals surface area contributed by atoms with Crippen molar-refractivity contribution in [1.29, 1.82) is 0 Å². The van der Waals surface area contributed by atoms with Crippen LogP contribution in [-0.4, -0.2) is 96.7 Å². The summed E-state index contributed by atoms with van der Waals surface area (Å²) in [6.07, 6.45) is 88.4. The molecule has 0 aromatic heterocycles. The van der Waals surface area contributed by atoms with Crippen molar-refractivity contribution in [1.82, 2.24) is 0 Å². The highest BCUT2D eigenvalue weighted by Crippen LogP contribution is 2.45. The molecule has 0 aliphatic heterocycles. The number of unbranched alkanes of at least 4 members (excludes halogenated alkanes) is 29. The Bertz CT molecular complexity index is 2530. The molecule has 0 fully saturated rings. The summed E-state index contributed by atoms with van der Waals surface area (Å²) in [5.74, 6) is -2.24. The van der Waals surface area contributed by atoms with Crippen LogP contribution in [0.1, 0.15) is 336 Å². The van der Waals surface area contributed by atoms with Crippen LogP contribution in [-0.2, 0) is 65.4 Å². The zero-order chi connectivity index (χ0) is 77.4. The number of rotatable bonds is 77. The van der Waals surface area contributed by atoms with Gasteiger partial charge in [0.1, 0.15) is 19.3 Å². The Morgan fingerprint density at radius 3 is 0.755 bits per heavy atom. The van der Waals surface area contributed by atoms with Gasteiger partial charge in [-0.3, -0.25) is 37.3 Å². The monoisotopic (exact) mass is 1530 g/mol. The molecule has 0 bridgehead atoms. The third-order valence-electron chi connectivity index (χ3n) is 17.1. The first kappa shape index (κ1) is 101. The summed E-state index contributed by atoms with van der Waals surface area (Å²) in [4.78, 5) is 73.1. The molecule has 0 rings (SSSR count). The maximum absolute atomic E-state index is 13.1. The van der Waals surface area contributed by atoms with Gasteiger partial charge in [-0.25, -0.2) is 9.13 Å². The highest BCUT2D eigenvalue weighted by molar-refractivity contribution is 7.47. The summed E-state index contributed by atoms with van der Waals surface area (Å²) in [7, 11) is -9.99. The zero-order valence-electron chi connectivity index (χ0n) is 66.6. The van der Waals surface area contributed by atoms with Gasteiger partial charge >= 0.3 is 39.5 Å². The van der Waals surface area contributed by atoms with Gasteiger partial charge in [0.2, 0.25) is 0 Å². The molecule has 5 atom stereocenters. The fourth-order valence-electron chi connectivity index (χ4n) is 10.7. The molecule has 0 amide bonds. The average molecular weight is 1530 g/mol. The Labute approximate surface area is 644 Å². The van der Waals surface area contributed by atoms with Crippen LogP contribution in [0.5, 0.6) is 0 Å². The fourth-order valence-corrected chi connectivity index (χ4v) is 12.3. The molecule has 0 radical (unpaired) electrons. The molecule has 19 heteroatoms. The van der Waals surface area contributed by atoms with Gasteiger partial charge in [-0.1, -0.05) is 277 Å². The number of allylic oxidation sites excluding steroid dienone is 22. The van der Waals surface area contributed by atoms with Gasteiger partial charge in [0.25, 0.3) is 0 Å². The number of phosphoric acid groups is 2. The molecule has 0 aliphatic carbocycles. The normalized spacial score (nSPS) is 14.5. The van der Waals surface area contributed by atoms with Crippen molar-refractivity contribution in [3.63, 3.8) is 0 Å². The number of esters is 4. The van der Waals surface area contributed by atoms with Crippen LogP contribution in [0.15, 0.2) is 134 Å². The third-order valence-corrected chi connectivity index (χ3v) is 19.0. The SMILES string of the molecule is CC/C=C\C/C=C\C/C=C\C/C=C\CCCCCCC(=O)OCC(COP(=O)(O)OCC(O)COP(=O)(O)OCC(COC(=O)CCCCCCCC/C=C\C/C=C\C/C=C\CCCCC)OC(=O)CCCCCCC/C=C\C/C=C\CCCCC)OC(=O)CCCCCCC/C=C\C/C=C\CCCCC. The molecule has 3 N–H and O–H groups in total. The Morgan fingerprint density at radius 2 is 0.491 bits per heavy atom. The van der Waals surface area contributed by atoms with Crippen molar-refractivity contribution in [2.45, 2.75) is 354 Å².